The van der Waals surface area contributed by atoms with Gasteiger partial charge in [0.2, 0.25) is 0 Å². The van der Waals surface area contributed by atoms with Crippen LogP contribution in [0.3, 0.4) is 0 Å². The van der Waals surface area contributed by atoms with Gasteiger partial charge in [0.25, 0.3) is 17.7 Å². The van der Waals surface area contributed by atoms with Crippen LogP contribution in [0, 0.1) is 6.92 Å². The third kappa shape index (κ3) is 2.67. The molecule has 1 atom stereocenters. The molecule has 2 heterocycles. The van der Waals surface area contributed by atoms with Gasteiger partial charge < -0.3 is 0 Å². The molecular weight excluding hydrogens is 358 g/mol. The smallest absolute Gasteiger partial charge is 0.282 e. The molecule has 0 saturated carbocycles. The van der Waals surface area contributed by atoms with Crippen molar-refractivity contribution in [3.05, 3.63) is 65.2 Å². The molecule has 2 aliphatic heterocycles. The summed E-state index contributed by atoms with van der Waals surface area (Å²) in [7, 11) is 0. The van der Waals surface area contributed by atoms with Crippen molar-refractivity contribution >= 4 is 29.4 Å². The molecule has 7 nitrogen and oxygen atoms in total. The first-order valence-corrected chi connectivity index (χ1v) is 9.06. The molecule has 0 bridgehead atoms. The van der Waals surface area contributed by atoms with Crippen molar-refractivity contribution in [3.8, 4) is 0 Å². The molecule has 28 heavy (non-hydrogen) atoms. The second-order valence-electron chi connectivity index (χ2n) is 6.96. The highest BCUT2D eigenvalue weighted by molar-refractivity contribution is 6.21. The Hall–Kier alpha value is -3.48. The number of anilines is 1. The predicted molar refractivity (Wildman–Crippen MR) is 102 cm³/mol. The lowest BCUT2D eigenvalue weighted by Gasteiger charge is -2.20. The standard InChI is InChI=1S/C21H19N3O4/c1-13-7-9-15(10-8-13)24-14(2)18(25)23(21(24)28)12-11-22-19(26)16-5-3-4-6-17(16)20(22)27/h3-10,14H,11-12H2,1-2H3/t14-/m1/s1. The monoisotopic (exact) mass is 377 g/mol. The van der Waals surface area contributed by atoms with E-state index in [-0.39, 0.29) is 19.0 Å². The van der Waals surface area contributed by atoms with E-state index in [1.165, 1.54) is 4.90 Å². The molecule has 2 aromatic rings. The lowest BCUT2D eigenvalue weighted by molar-refractivity contribution is -0.127. The van der Waals surface area contributed by atoms with Gasteiger partial charge in [0.15, 0.2) is 0 Å². The number of carbonyl (C=O) groups is 4. The number of carbonyl (C=O) groups excluding carboxylic acids is 4. The maximum absolute atomic E-state index is 12.8. The molecule has 1 fully saturated rings. The Bertz CT molecular complexity index is 964. The van der Waals surface area contributed by atoms with Crippen molar-refractivity contribution in [1.29, 1.82) is 0 Å². The van der Waals surface area contributed by atoms with Crippen molar-refractivity contribution in [1.82, 2.24) is 9.80 Å². The van der Waals surface area contributed by atoms with Crippen molar-refractivity contribution in [3.63, 3.8) is 0 Å². The molecule has 7 heteroatoms. The number of amides is 5. The maximum atomic E-state index is 12.8. The summed E-state index contributed by atoms with van der Waals surface area (Å²) in [5.74, 6) is -1.14. The van der Waals surface area contributed by atoms with Crippen LogP contribution in [0.5, 0.6) is 0 Å². The first kappa shape index (κ1) is 17.9. The summed E-state index contributed by atoms with van der Waals surface area (Å²) >= 11 is 0. The zero-order chi connectivity index (χ0) is 20.0. The fourth-order valence-corrected chi connectivity index (χ4v) is 3.61. The molecule has 0 N–H and O–H groups in total. The van der Waals surface area contributed by atoms with Gasteiger partial charge in [0, 0.05) is 18.8 Å². The van der Waals surface area contributed by atoms with Crippen LogP contribution < -0.4 is 4.90 Å². The Morgan fingerprint density at radius 3 is 1.89 bits per heavy atom. The van der Waals surface area contributed by atoms with Gasteiger partial charge in [-0.2, -0.15) is 0 Å². The number of imide groups is 2. The van der Waals surface area contributed by atoms with Gasteiger partial charge in [-0.1, -0.05) is 29.8 Å². The number of nitrogens with zero attached hydrogens (tertiary/aromatic N) is 3. The van der Waals surface area contributed by atoms with E-state index in [1.54, 1.807) is 43.3 Å². The molecule has 142 valence electrons. The summed E-state index contributed by atoms with van der Waals surface area (Å²) in [6.45, 7) is 3.55. The van der Waals surface area contributed by atoms with Gasteiger partial charge in [0.1, 0.15) is 6.04 Å². The van der Waals surface area contributed by atoms with Gasteiger partial charge in [0.05, 0.1) is 11.1 Å². The molecule has 2 aromatic carbocycles. The molecule has 1 saturated heterocycles. The maximum Gasteiger partial charge on any atom is 0.332 e. The highest BCUT2D eigenvalue weighted by Crippen LogP contribution is 2.27. The number of hydrogen-bond donors (Lipinski definition) is 0. The summed E-state index contributed by atoms with van der Waals surface area (Å²) < 4.78 is 0. The Labute approximate surface area is 162 Å². The van der Waals surface area contributed by atoms with Gasteiger partial charge in [-0.3, -0.25) is 29.1 Å². The molecule has 4 rings (SSSR count). The first-order chi connectivity index (χ1) is 13.4. The van der Waals surface area contributed by atoms with Crippen LogP contribution in [-0.2, 0) is 4.79 Å². The highest BCUT2D eigenvalue weighted by Gasteiger charge is 2.44. The van der Waals surface area contributed by atoms with Gasteiger partial charge in [-0.05, 0) is 38.1 Å². The number of urea groups is 1. The minimum Gasteiger partial charge on any atom is -0.282 e. The Morgan fingerprint density at radius 1 is 0.786 bits per heavy atom. The molecule has 2 aliphatic rings. The van der Waals surface area contributed by atoms with E-state index < -0.39 is 23.9 Å². The SMILES string of the molecule is Cc1ccc(N2C(=O)N(CCN3C(=O)c4ccccc4C3=O)C(=O)[C@H]2C)cc1. The van der Waals surface area contributed by atoms with Crippen LogP contribution in [0.25, 0.3) is 0 Å². The Balaban J connectivity index is 1.51. The van der Waals surface area contributed by atoms with Gasteiger partial charge in [-0.25, -0.2) is 4.79 Å². The summed E-state index contributed by atoms with van der Waals surface area (Å²) in [6, 6.07) is 12.9. The summed E-state index contributed by atoms with van der Waals surface area (Å²) in [5, 5.41) is 0. The van der Waals surface area contributed by atoms with Crippen LogP contribution >= 0.6 is 0 Å². The second kappa shape index (κ2) is 6.60. The topological polar surface area (TPSA) is 78.0 Å². The summed E-state index contributed by atoms with van der Waals surface area (Å²) in [5.41, 5.74) is 2.39. The fourth-order valence-electron chi connectivity index (χ4n) is 3.61. The van der Waals surface area contributed by atoms with E-state index in [2.05, 4.69) is 0 Å². The van der Waals surface area contributed by atoms with Crippen LogP contribution in [-0.4, -0.2) is 52.7 Å². The van der Waals surface area contributed by atoms with E-state index in [0.29, 0.717) is 16.8 Å². The van der Waals surface area contributed by atoms with Crippen LogP contribution in [0.1, 0.15) is 33.2 Å². The summed E-state index contributed by atoms with van der Waals surface area (Å²) in [6.07, 6.45) is 0. The van der Waals surface area contributed by atoms with Crippen LogP contribution in [0.2, 0.25) is 0 Å². The van der Waals surface area contributed by atoms with E-state index in [4.69, 9.17) is 0 Å². The van der Waals surface area contributed by atoms with Crippen molar-refractivity contribution in [2.24, 2.45) is 0 Å². The van der Waals surface area contributed by atoms with E-state index >= 15 is 0 Å². The molecular formula is C21H19N3O4. The van der Waals surface area contributed by atoms with Crippen molar-refractivity contribution < 1.29 is 19.2 Å². The molecule has 0 aliphatic carbocycles. The quantitative estimate of drug-likeness (QED) is 0.606. The zero-order valence-corrected chi connectivity index (χ0v) is 15.6. The van der Waals surface area contributed by atoms with Gasteiger partial charge in [-0.15, -0.1) is 0 Å². The number of fused-ring (bicyclic) bond motifs is 1. The molecule has 0 aromatic heterocycles. The third-order valence-corrected chi connectivity index (χ3v) is 5.19. The third-order valence-electron chi connectivity index (χ3n) is 5.19. The number of hydrogen-bond acceptors (Lipinski definition) is 4. The van der Waals surface area contributed by atoms with Crippen molar-refractivity contribution in [2.75, 3.05) is 18.0 Å². The minimum absolute atomic E-state index is 0.0295. The second-order valence-corrected chi connectivity index (χ2v) is 6.96. The van der Waals surface area contributed by atoms with E-state index in [9.17, 15) is 19.2 Å². The average Bonchev–Trinajstić information content (AvgIpc) is 3.06. The van der Waals surface area contributed by atoms with E-state index in [1.807, 2.05) is 19.1 Å². The predicted octanol–water partition coefficient (Wildman–Crippen LogP) is 2.45. The first-order valence-electron chi connectivity index (χ1n) is 9.06. The largest absolute Gasteiger partial charge is 0.332 e. The van der Waals surface area contributed by atoms with E-state index in [0.717, 1.165) is 15.4 Å². The molecule has 0 spiro atoms. The van der Waals surface area contributed by atoms with Gasteiger partial charge >= 0.3 is 6.03 Å². The lowest BCUT2D eigenvalue weighted by atomic mass is 10.1. The minimum atomic E-state index is -0.641. The zero-order valence-electron chi connectivity index (χ0n) is 15.6. The van der Waals surface area contributed by atoms with Crippen LogP contribution in [0.15, 0.2) is 48.5 Å². The highest BCUT2D eigenvalue weighted by atomic mass is 16.2. The molecule has 0 radical (unpaired) electrons. The average molecular weight is 377 g/mol. The molecule has 0 unspecified atom stereocenters. The number of benzene rings is 2. The summed E-state index contributed by atoms with van der Waals surface area (Å²) in [4.78, 5) is 54.0. The normalized spacial score (nSPS) is 19.1. The van der Waals surface area contributed by atoms with Crippen LogP contribution in [0.4, 0.5) is 10.5 Å². The number of aryl methyl sites for hydroxylation is 1. The molecule has 5 amide bonds. The number of rotatable bonds is 4. The fraction of sp³-hybridized carbons (Fsp3) is 0.238. The lowest BCUT2D eigenvalue weighted by Crippen LogP contribution is -2.41. The Kier molecular flexibility index (Phi) is 4.22. The Morgan fingerprint density at radius 2 is 1.32 bits per heavy atom. The van der Waals surface area contributed by atoms with Crippen molar-refractivity contribution in [2.45, 2.75) is 19.9 Å².